The van der Waals surface area contributed by atoms with Crippen molar-refractivity contribution in [3.8, 4) is 0 Å². The Morgan fingerprint density at radius 1 is 1.00 bits per heavy atom. The molecule has 0 aromatic heterocycles. The van der Waals surface area contributed by atoms with E-state index in [9.17, 15) is 0 Å². The van der Waals surface area contributed by atoms with E-state index < -0.39 is 0 Å². The van der Waals surface area contributed by atoms with E-state index in [1.165, 1.54) is 11.1 Å². The molecular formula is C16H18BrClN2. The van der Waals surface area contributed by atoms with Crippen LogP contribution in [0.3, 0.4) is 0 Å². The Morgan fingerprint density at radius 2 is 1.70 bits per heavy atom. The Labute approximate surface area is 133 Å². The van der Waals surface area contributed by atoms with Crippen LogP contribution in [-0.2, 0) is 13.1 Å². The lowest BCUT2D eigenvalue weighted by atomic mass is 10.1. The SMILES string of the molecule is NCCN(Cc1ccc(Cl)cc1)Cc1cccc(Br)c1. The molecule has 0 fully saturated rings. The molecule has 0 aliphatic carbocycles. The van der Waals surface area contributed by atoms with Crippen LogP contribution in [0.5, 0.6) is 0 Å². The molecule has 0 atom stereocenters. The normalized spacial score (nSPS) is 11.0. The fraction of sp³-hybridized carbons (Fsp3) is 0.250. The van der Waals surface area contributed by atoms with Gasteiger partial charge in [-0.25, -0.2) is 0 Å². The lowest BCUT2D eigenvalue weighted by Crippen LogP contribution is -2.28. The van der Waals surface area contributed by atoms with E-state index in [-0.39, 0.29) is 0 Å². The minimum Gasteiger partial charge on any atom is -0.329 e. The molecule has 2 aromatic carbocycles. The fourth-order valence-corrected chi connectivity index (χ4v) is 2.71. The first kappa shape index (κ1) is 15.5. The minimum absolute atomic E-state index is 0.654. The van der Waals surface area contributed by atoms with Gasteiger partial charge in [-0.1, -0.05) is 51.8 Å². The summed E-state index contributed by atoms with van der Waals surface area (Å²) in [5.74, 6) is 0. The number of rotatable bonds is 6. The first-order valence-electron chi connectivity index (χ1n) is 6.58. The van der Waals surface area contributed by atoms with Crippen molar-refractivity contribution >= 4 is 27.5 Å². The second-order valence-electron chi connectivity index (χ2n) is 4.76. The molecule has 4 heteroatoms. The summed E-state index contributed by atoms with van der Waals surface area (Å²) in [5, 5.41) is 0.770. The van der Waals surface area contributed by atoms with Crippen molar-refractivity contribution in [1.29, 1.82) is 0 Å². The van der Waals surface area contributed by atoms with Crippen LogP contribution in [0, 0.1) is 0 Å². The van der Waals surface area contributed by atoms with E-state index in [1.807, 2.05) is 18.2 Å². The molecule has 20 heavy (non-hydrogen) atoms. The molecule has 0 heterocycles. The largest absolute Gasteiger partial charge is 0.329 e. The maximum Gasteiger partial charge on any atom is 0.0406 e. The van der Waals surface area contributed by atoms with E-state index in [0.29, 0.717) is 6.54 Å². The molecule has 0 aliphatic rings. The summed E-state index contributed by atoms with van der Waals surface area (Å²) < 4.78 is 1.11. The van der Waals surface area contributed by atoms with E-state index in [2.05, 4.69) is 51.2 Å². The standard InChI is InChI=1S/C16H18BrClN2/c17-15-3-1-2-14(10-15)12-20(9-8-19)11-13-4-6-16(18)7-5-13/h1-7,10H,8-9,11-12,19H2. The Hall–Kier alpha value is -0.870. The predicted molar refractivity (Wildman–Crippen MR) is 88.8 cm³/mol. The van der Waals surface area contributed by atoms with Gasteiger partial charge in [-0.05, 0) is 35.4 Å². The smallest absolute Gasteiger partial charge is 0.0406 e. The quantitative estimate of drug-likeness (QED) is 0.848. The topological polar surface area (TPSA) is 29.3 Å². The molecule has 0 amide bonds. The van der Waals surface area contributed by atoms with Crippen LogP contribution < -0.4 is 5.73 Å². The van der Waals surface area contributed by atoms with Gasteiger partial charge in [0.25, 0.3) is 0 Å². The van der Waals surface area contributed by atoms with Gasteiger partial charge in [-0.3, -0.25) is 4.90 Å². The van der Waals surface area contributed by atoms with E-state index in [1.54, 1.807) is 0 Å². The van der Waals surface area contributed by atoms with Gasteiger partial charge in [0.2, 0.25) is 0 Å². The molecule has 0 saturated carbocycles. The van der Waals surface area contributed by atoms with Gasteiger partial charge in [0, 0.05) is 35.7 Å². The summed E-state index contributed by atoms with van der Waals surface area (Å²) >= 11 is 9.43. The van der Waals surface area contributed by atoms with Crippen LogP contribution in [-0.4, -0.2) is 18.0 Å². The van der Waals surface area contributed by atoms with E-state index in [0.717, 1.165) is 29.1 Å². The van der Waals surface area contributed by atoms with Crippen molar-refractivity contribution in [3.63, 3.8) is 0 Å². The third kappa shape index (κ3) is 4.91. The van der Waals surface area contributed by atoms with Crippen molar-refractivity contribution in [1.82, 2.24) is 4.90 Å². The molecule has 0 unspecified atom stereocenters. The molecule has 0 bridgehead atoms. The fourth-order valence-electron chi connectivity index (χ4n) is 2.14. The molecule has 2 nitrogen and oxygen atoms in total. The lowest BCUT2D eigenvalue weighted by molar-refractivity contribution is 0.264. The Morgan fingerprint density at radius 3 is 2.35 bits per heavy atom. The zero-order valence-corrected chi connectivity index (χ0v) is 13.6. The monoisotopic (exact) mass is 352 g/mol. The first-order valence-corrected chi connectivity index (χ1v) is 7.76. The molecule has 2 rings (SSSR count). The number of hydrogen-bond donors (Lipinski definition) is 1. The van der Waals surface area contributed by atoms with Gasteiger partial charge in [0.05, 0.1) is 0 Å². The van der Waals surface area contributed by atoms with E-state index in [4.69, 9.17) is 17.3 Å². The van der Waals surface area contributed by atoms with Crippen molar-refractivity contribution in [2.75, 3.05) is 13.1 Å². The minimum atomic E-state index is 0.654. The molecular weight excluding hydrogens is 336 g/mol. The highest BCUT2D eigenvalue weighted by Gasteiger charge is 2.07. The summed E-state index contributed by atoms with van der Waals surface area (Å²) in [4.78, 5) is 2.34. The van der Waals surface area contributed by atoms with Gasteiger partial charge in [-0.2, -0.15) is 0 Å². The van der Waals surface area contributed by atoms with Gasteiger partial charge in [-0.15, -0.1) is 0 Å². The summed E-state index contributed by atoms with van der Waals surface area (Å²) in [5.41, 5.74) is 8.25. The third-order valence-electron chi connectivity index (χ3n) is 3.06. The molecule has 106 valence electrons. The maximum absolute atomic E-state index is 5.92. The zero-order valence-electron chi connectivity index (χ0n) is 11.2. The van der Waals surface area contributed by atoms with Crippen LogP contribution in [0.15, 0.2) is 53.0 Å². The van der Waals surface area contributed by atoms with Gasteiger partial charge < -0.3 is 5.73 Å². The molecule has 0 aliphatic heterocycles. The maximum atomic E-state index is 5.92. The summed E-state index contributed by atoms with van der Waals surface area (Å²) in [6.45, 7) is 3.29. The Kier molecular flexibility index (Phi) is 6.05. The number of halogens is 2. The van der Waals surface area contributed by atoms with E-state index >= 15 is 0 Å². The van der Waals surface area contributed by atoms with Crippen molar-refractivity contribution in [3.05, 3.63) is 69.2 Å². The number of nitrogens with zero attached hydrogens (tertiary/aromatic N) is 1. The van der Waals surface area contributed by atoms with Crippen molar-refractivity contribution < 1.29 is 0 Å². The zero-order chi connectivity index (χ0) is 14.4. The molecule has 2 aromatic rings. The Balaban J connectivity index is 2.05. The van der Waals surface area contributed by atoms with Crippen LogP contribution in [0.2, 0.25) is 5.02 Å². The number of nitrogens with two attached hydrogens (primary N) is 1. The molecule has 0 saturated heterocycles. The third-order valence-corrected chi connectivity index (χ3v) is 3.81. The highest BCUT2D eigenvalue weighted by atomic mass is 79.9. The average molecular weight is 354 g/mol. The molecule has 0 radical (unpaired) electrons. The lowest BCUT2D eigenvalue weighted by Gasteiger charge is -2.22. The van der Waals surface area contributed by atoms with Crippen LogP contribution >= 0.6 is 27.5 Å². The van der Waals surface area contributed by atoms with Crippen molar-refractivity contribution in [2.45, 2.75) is 13.1 Å². The number of hydrogen-bond acceptors (Lipinski definition) is 2. The average Bonchev–Trinajstić information content (AvgIpc) is 2.42. The summed E-state index contributed by atoms with van der Waals surface area (Å²) in [6, 6.07) is 16.4. The second-order valence-corrected chi connectivity index (χ2v) is 6.11. The predicted octanol–water partition coefficient (Wildman–Crippen LogP) is 4.06. The van der Waals surface area contributed by atoms with Gasteiger partial charge >= 0.3 is 0 Å². The second kappa shape index (κ2) is 7.79. The van der Waals surface area contributed by atoms with Gasteiger partial charge in [0.1, 0.15) is 0 Å². The summed E-state index contributed by atoms with van der Waals surface area (Å²) in [6.07, 6.45) is 0. The summed E-state index contributed by atoms with van der Waals surface area (Å²) in [7, 11) is 0. The van der Waals surface area contributed by atoms with Gasteiger partial charge in [0.15, 0.2) is 0 Å². The van der Waals surface area contributed by atoms with Crippen LogP contribution in [0.1, 0.15) is 11.1 Å². The van der Waals surface area contributed by atoms with Crippen LogP contribution in [0.25, 0.3) is 0 Å². The molecule has 2 N–H and O–H groups in total. The number of benzene rings is 2. The highest BCUT2D eigenvalue weighted by molar-refractivity contribution is 9.10. The highest BCUT2D eigenvalue weighted by Crippen LogP contribution is 2.16. The Bertz CT molecular complexity index is 542. The van der Waals surface area contributed by atoms with Crippen molar-refractivity contribution in [2.24, 2.45) is 5.73 Å². The molecule has 0 spiro atoms. The first-order chi connectivity index (χ1) is 9.67. The van der Waals surface area contributed by atoms with Crippen LogP contribution in [0.4, 0.5) is 0 Å².